The van der Waals surface area contributed by atoms with Gasteiger partial charge in [-0.3, -0.25) is 4.79 Å². The van der Waals surface area contributed by atoms with Crippen molar-refractivity contribution in [3.8, 4) is 0 Å². The topological polar surface area (TPSA) is 54.3 Å². The molecule has 0 bridgehead atoms. The number of rotatable bonds is 2. The van der Waals surface area contributed by atoms with Gasteiger partial charge >= 0.3 is 0 Å². The van der Waals surface area contributed by atoms with Crippen LogP contribution in [0.4, 0.5) is 0 Å². The van der Waals surface area contributed by atoms with Gasteiger partial charge in [0.25, 0.3) is 5.91 Å². The fraction of sp³-hybridized carbons (Fsp3) is 0.545. The van der Waals surface area contributed by atoms with E-state index in [0.717, 1.165) is 31.5 Å². The summed E-state index contributed by atoms with van der Waals surface area (Å²) < 4.78 is 5.90. The summed E-state index contributed by atoms with van der Waals surface area (Å²) in [5, 5.41) is 6.23. The van der Waals surface area contributed by atoms with Gasteiger partial charge in [-0.15, -0.1) is 0 Å². The third-order valence-electron chi connectivity index (χ3n) is 2.73. The van der Waals surface area contributed by atoms with Crippen molar-refractivity contribution >= 4 is 21.8 Å². The van der Waals surface area contributed by atoms with Crippen molar-refractivity contribution in [3.05, 3.63) is 22.1 Å². The first-order valence-corrected chi connectivity index (χ1v) is 6.23. The monoisotopic (exact) mass is 286 g/mol. The molecule has 2 N–H and O–H groups in total. The van der Waals surface area contributed by atoms with Crippen molar-refractivity contribution in [1.29, 1.82) is 0 Å². The number of carbonyl (C=O) groups is 1. The zero-order valence-corrected chi connectivity index (χ0v) is 10.8. The number of amides is 1. The smallest absolute Gasteiger partial charge is 0.287 e. The molecular formula is C11H15BrN2O2. The van der Waals surface area contributed by atoms with Gasteiger partial charge in [0.2, 0.25) is 0 Å². The summed E-state index contributed by atoms with van der Waals surface area (Å²) in [4.78, 5) is 11.9. The van der Waals surface area contributed by atoms with E-state index in [4.69, 9.17) is 4.42 Å². The number of hydrogen-bond donors (Lipinski definition) is 2. The lowest BCUT2D eigenvalue weighted by molar-refractivity contribution is 0.0900. The van der Waals surface area contributed by atoms with Crippen LogP contribution in [0.3, 0.4) is 0 Å². The van der Waals surface area contributed by atoms with Crippen molar-refractivity contribution < 1.29 is 9.21 Å². The van der Waals surface area contributed by atoms with E-state index in [1.54, 1.807) is 6.07 Å². The van der Waals surface area contributed by atoms with Crippen LogP contribution in [0.5, 0.6) is 0 Å². The average Bonchev–Trinajstić information content (AvgIpc) is 2.59. The number of furan rings is 1. The predicted octanol–water partition coefficient (Wildman–Crippen LogP) is 1.83. The predicted molar refractivity (Wildman–Crippen MR) is 64.5 cm³/mol. The molecule has 0 saturated carbocycles. The molecular weight excluding hydrogens is 272 g/mol. The number of piperidine rings is 1. The first-order valence-electron chi connectivity index (χ1n) is 5.44. The quantitative estimate of drug-likeness (QED) is 0.872. The zero-order chi connectivity index (χ0) is 11.5. The van der Waals surface area contributed by atoms with Gasteiger partial charge in [-0.25, -0.2) is 0 Å². The minimum absolute atomic E-state index is 0.128. The van der Waals surface area contributed by atoms with E-state index in [1.165, 1.54) is 0 Å². The fourth-order valence-corrected chi connectivity index (χ4v) is 2.40. The molecule has 4 nitrogen and oxygen atoms in total. The normalized spacial score (nSPS) is 20.8. The average molecular weight is 287 g/mol. The Balaban J connectivity index is 1.99. The fourth-order valence-electron chi connectivity index (χ4n) is 1.89. The highest BCUT2D eigenvalue weighted by Gasteiger charge is 2.20. The molecule has 0 unspecified atom stereocenters. The molecule has 1 aromatic rings. The van der Waals surface area contributed by atoms with Crippen molar-refractivity contribution in [2.75, 3.05) is 13.1 Å². The maximum atomic E-state index is 11.9. The van der Waals surface area contributed by atoms with Gasteiger partial charge in [-0.2, -0.15) is 0 Å². The van der Waals surface area contributed by atoms with E-state index in [-0.39, 0.29) is 11.9 Å². The van der Waals surface area contributed by atoms with E-state index in [2.05, 4.69) is 26.6 Å². The lowest BCUT2D eigenvalue weighted by Gasteiger charge is -2.23. The Labute approximate surface area is 103 Å². The Hall–Kier alpha value is -0.810. The first kappa shape index (κ1) is 11.7. The summed E-state index contributed by atoms with van der Waals surface area (Å²) in [6.45, 7) is 3.74. The SMILES string of the molecule is Cc1cc(Br)oc1C(=O)N[C@H]1CCCNC1. The molecule has 0 aliphatic carbocycles. The summed E-state index contributed by atoms with van der Waals surface area (Å²) in [5.41, 5.74) is 0.855. The van der Waals surface area contributed by atoms with Gasteiger partial charge in [0.15, 0.2) is 10.4 Å². The highest BCUT2D eigenvalue weighted by Crippen LogP contribution is 2.19. The van der Waals surface area contributed by atoms with E-state index in [0.29, 0.717) is 10.4 Å². The third-order valence-corrected chi connectivity index (χ3v) is 3.12. The molecule has 88 valence electrons. The van der Waals surface area contributed by atoms with Crippen LogP contribution in [0.2, 0.25) is 0 Å². The van der Waals surface area contributed by atoms with Crippen LogP contribution in [0.15, 0.2) is 15.2 Å². The van der Waals surface area contributed by atoms with Crippen molar-refractivity contribution in [2.24, 2.45) is 0 Å². The molecule has 0 aromatic carbocycles. The lowest BCUT2D eigenvalue weighted by Crippen LogP contribution is -2.45. The second-order valence-corrected chi connectivity index (χ2v) is 4.86. The number of nitrogens with one attached hydrogen (secondary N) is 2. The molecule has 1 aliphatic heterocycles. The van der Waals surface area contributed by atoms with Crippen LogP contribution in [0, 0.1) is 6.92 Å². The van der Waals surface area contributed by atoms with Gasteiger partial charge in [-0.1, -0.05) is 0 Å². The molecule has 1 aliphatic rings. The van der Waals surface area contributed by atoms with Crippen LogP contribution in [-0.2, 0) is 0 Å². The molecule has 2 rings (SSSR count). The molecule has 1 fully saturated rings. The Bertz CT molecular complexity index is 383. The number of halogens is 1. The van der Waals surface area contributed by atoms with Crippen molar-refractivity contribution in [2.45, 2.75) is 25.8 Å². The maximum absolute atomic E-state index is 11.9. The van der Waals surface area contributed by atoms with E-state index >= 15 is 0 Å². The van der Waals surface area contributed by atoms with Crippen LogP contribution < -0.4 is 10.6 Å². The summed E-state index contributed by atoms with van der Waals surface area (Å²) >= 11 is 3.22. The van der Waals surface area contributed by atoms with Crippen LogP contribution >= 0.6 is 15.9 Å². The van der Waals surface area contributed by atoms with Gasteiger partial charge in [0.05, 0.1) is 0 Å². The molecule has 1 amide bonds. The molecule has 0 radical (unpaired) electrons. The van der Waals surface area contributed by atoms with Crippen LogP contribution in [0.25, 0.3) is 0 Å². The number of aryl methyl sites for hydroxylation is 1. The van der Waals surface area contributed by atoms with Crippen molar-refractivity contribution in [3.63, 3.8) is 0 Å². The summed E-state index contributed by atoms with van der Waals surface area (Å²) in [7, 11) is 0. The summed E-state index contributed by atoms with van der Waals surface area (Å²) in [6.07, 6.45) is 2.13. The van der Waals surface area contributed by atoms with Crippen molar-refractivity contribution in [1.82, 2.24) is 10.6 Å². The van der Waals surface area contributed by atoms with Gasteiger partial charge in [0, 0.05) is 18.2 Å². The van der Waals surface area contributed by atoms with Gasteiger partial charge < -0.3 is 15.1 Å². The van der Waals surface area contributed by atoms with Gasteiger partial charge in [0.1, 0.15) is 0 Å². The van der Waals surface area contributed by atoms with Crippen LogP contribution in [-0.4, -0.2) is 25.0 Å². The second-order valence-electron chi connectivity index (χ2n) is 4.08. The molecule has 1 saturated heterocycles. The maximum Gasteiger partial charge on any atom is 0.287 e. The van der Waals surface area contributed by atoms with E-state index in [1.807, 2.05) is 6.92 Å². The molecule has 0 spiro atoms. The van der Waals surface area contributed by atoms with Gasteiger partial charge in [-0.05, 0) is 48.3 Å². The number of hydrogen-bond acceptors (Lipinski definition) is 3. The summed E-state index contributed by atoms with van der Waals surface area (Å²) in [5.74, 6) is 0.273. The zero-order valence-electron chi connectivity index (χ0n) is 9.18. The number of carbonyl (C=O) groups excluding carboxylic acids is 1. The lowest BCUT2D eigenvalue weighted by atomic mass is 10.1. The third kappa shape index (κ3) is 2.65. The molecule has 1 atom stereocenters. The molecule has 5 heteroatoms. The molecule has 1 aromatic heterocycles. The first-order chi connectivity index (χ1) is 7.66. The van der Waals surface area contributed by atoms with E-state index in [9.17, 15) is 4.79 Å². The van der Waals surface area contributed by atoms with E-state index < -0.39 is 0 Å². The highest BCUT2D eigenvalue weighted by atomic mass is 79.9. The molecule has 2 heterocycles. The minimum Gasteiger partial charge on any atom is -0.444 e. The Morgan fingerprint density at radius 2 is 2.50 bits per heavy atom. The Kier molecular flexibility index (Phi) is 3.66. The summed E-state index contributed by atoms with van der Waals surface area (Å²) in [6, 6.07) is 2.01. The highest BCUT2D eigenvalue weighted by molar-refractivity contribution is 9.10. The standard InChI is InChI=1S/C11H15BrN2O2/c1-7-5-9(12)16-10(7)11(15)14-8-3-2-4-13-6-8/h5,8,13H,2-4,6H2,1H3,(H,14,15)/t8-/m0/s1. The second kappa shape index (κ2) is 5.01. The minimum atomic E-state index is -0.128. The Morgan fingerprint density at radius 1 is 1.69 bits per heavy atom. The Morgan fingerprint density at radius 3 is 3.06 bits per heavy atom. The van der Waals surface area contributed by atoms with Crippen LogP contribution in [0.1, 0.15) is 29.0 Å². The largest absolute Gasteiger partial charge is 0.444 e. The molecule has 16 heavy (non-hydrogen) atoms.